The molecule has 0 aliphatic carbocycles. The van der Waals surface area contributed by atoms with Crippen molar-refractivity contribution >= 4 is 28.3 Å². The van der Waals surface area contributed by atoms with Gasteiger partial charge in [-0.05, 0) is 32.4 Å². The molecule has 7 heteroatoms. The first-order valence-electron chi connectivity index (χ1n) is 6.70. The molecular weight excluding hydrogens is 290 g/mol. The van der Waals surface area contributed by atoms with Crippen molar-refractivity contribution in [3.8, 4) is 0 Å². The molecule has 0 amide bonds. The van der Waals surface area contributed by atoms with E-state index in [-0.39, 0.29) is 16.7 Å². The highest BCUT2D eigenvalue weighted by molar-refractivity contribution is 8.14. The Labute approximate surface area is 128 Å². The van der Waals surface area contributed by atoms with Crippen molar-refractivity contribution in [1.82, 2.24) is 4.90 Å². The quantitative estimate of drug-likeness (QED) is 0.686. The Balaban J connectivity index is 2.34. The number of hydrogen-bond acceptors (Lipinski definition) is 5. The summed E-state index contributed by atoms with van der Waals surface area (Å²) in [5.41, 5.74) is 2.30. The van der Waals surface area contributed by atoms with Crippen LogP contribution in [0.25, 0.3) is 0 Å². The Hall–Kier alpha value is -1.60. The Morgan fingerprint density at radius 3 is 2.67 bits per heavy atom. The zero-order valence-corrected chi connectivity index (χ0v) is 13.3. The van der Waals surface area contributed by atoms with Crippen LogP contribution in [0.15, 0.2) is 17.1 Å². The van der Waals surface area contributed by atoms with Gasteiger partial charge in [0.1, 0.15) is 0 Å². The summed E-state index contributed by atoms with van der Waals surface area (Å²) in [6, 6.07) is 3.22. The molecule has 2 rings (SSSR count). The normalized spacial score (nSPS) is 21.9. The van der Waals surface area contributed by atoms with Gasteiger partial charge in [0.15, 0.2) is 5.17 Å². The molecule has 1 aliphatic heterocycles. The fourth-order valence-electron chi connectivity index (χ4n) is 2.30. The third-order valence-corrected chi connectivity index (χ3v) is 5.03. The van der Waals surface area contributed by atoms with E-state index in [4.69, 9.17) is 0 Å². The van der Waals surface area contributed by atoms with Gasteiger partial charge in [-0.3, -0.25) is 10.1 Å². The van der Waals surface area contributed by atoms with Crippen LogP contribution in [-0.4, -0.2) is 45.0 Å². The van der Waals surface area contributed by atoms with E-state index in [1.807, 2.05) is 18.9 Å². The Morgan fingerprint density at radius 1 is 1.48 bits per heavy atom. The third-order valence-electron chi connectivity index (χ3n) is 3.88. The van der Waals surface area contributed by atoms with Crippen LogP contribution in [0.5, 0.6) is 0 Å². The van der Waals surface area contributed by atoms with Crippen molar-refractivity contribution in [3.63, 3.8) is 0 Å². The summed E-state index contributed by atoms with van der Waals surface area (Å²) in [5.74, 6) is 0.790. The Kier molecular flexibility index (Phi) is 4.53. The summed E-state index contributed by atoms with van der Waals surface area (Å²) in [5, 5.41) is 21.5. The Bertz CT molecular complexity index is 601. The summed E-state index contributed by atoms with van der Waals surface area (Å²) in [6.45, 7) is 5.35. The second-order valence-electron chi connectivity index (χ2n) is 5.24. The van der Waals surface area contributed by atoms with Gasteiger partial charge in [-0.15, -0.1) is 0 Å². The molecule has 2 atom stereocenters. The molecule has 0 aromatic heterocycles. The van der Waals surface area contributed by atoms with Gasteiger partial charge in [-0.1, -0.05) is 11.8 Å². The number of nitrogens with zero attached hydrogens (tertiary/aromatic N) is 3. The lowest BCUT2D eigenvalue weighted by atomic mass is 10.1. The lowest BCUT2D eigenvalue weighted by Gasteiger charge is -2.23. The molecular formula is C14H19N3O3S. The number of aliphatic imine (C=N–C) groups is 1. The van der Waals surface area contributed by atoms with E-state index in [1.54, 1.807) is 31.7 Å². The van der Waals surface area contributed by atoms with Crippen molar-refractivity contribution in [3.05, 3.63) is 33.4 Å². The van der Waals surface area contributed by atoms with Crippen LogP contribution in [0.3, 0.4) is 0 Å². The summed E-state index contributed by atoms with van der Waals surface area (Å²) in [7, 11) is 1.91. The smallest absolute Gasteiger partial charge is 0.272 e. The van der Waals surface area contributed by atoms with Gasteiger partial charge in [-0.2, -0.15) is 0 Å². The zero-order valence-electron chi connectivity index (χ0n) is 12.5. The molecule has 1 N–H and O–H groups in total. The van der Waals surface area contributed by atoms with Gasteiger partial charge in [0, 0.05) is 24.4 Å². The van der Waals surface area contributed by atoms with E-state index in [2.05, 4.69) is 4.99 Å². The second kappa shape index (κ2) is 6.03. The number of thioether (sulfide) groups is 1. The number of amidine groups is 1. The third kappa shape index (κ3) is 3.03. The lowest BCUT2D eigenvalue weighted by molar-refractivity contribution is -0.385. The van der Waals surface area contributed by atoms with E-state index >= 15 is 0 Å². The van der Waals surface area contributed by atoms with E-state index < -0.39 is 6.10 Å². The van der Waals surface area contributed by atoms with Crippen molar-refractivity contribution < 1.29 is 10.0 Å². The number of rotatable bonds is 3. The molecule has 0 saturated carbocycles. The molecule has 0 bridgehead atoms. The summed E-state index contributed by atoms with van der Waals surface area (Å²) >= 11 is 1.59. The van der Waals surface area contributed by atoms with E-state index in [9.17, 15) is 15.2 Å². The molecule has 114 valence electrons. The largest absolute Gasteiger partial charge is 0.391 e. The summed E-state index contributed by atoms with van der Waals surface area (Å²) < 4.78 is 0. The van der Waals surface area contributed by atoms with Gasteiger partial charge in [0.05, 0.1) is 22.8 Å². The number of aliphatic hydroxyl groups is 1. The van der Waals surface area contributed by atoms with Gasteiger partial charge in [0.2, 0.25) is 0 Å². The topological polar surface area (TPSA) is 79.0 Å². The zero-order chi connectivity index (χ0) is 15.7. The molecule has 1 fully saturated rings. The van der Waals surface area contributed by atoms with Crippen LogP contribution < -0.4 is 0 Å². The van der Waals surface area contributed by atoms with Crippen LogP contribution >= 0.6 is 11.8 Å². The van der Waals surface area contributed by atoms with Crippen molar-refractivity contribution in [1.29, 1.82) is 0 Å². The predicted molar refractivity (Wildman–Crippen MR) is 85.4 cm³/mol. The Morgan fingerprint density at radius 2 is 2.14 bits per heavy atom. The predicted octanol–water partition coefficient (Wildman–Crippen LogP) is 2.63. The van der Waals surface area contributed by atoms with E-state index in [0.29, 0.717) is 5.56 Å². The molecule has 6 nitrogen and oxygen atoms in total. The minimum Gasteiger partial charge on any atom is -0.391 e. The van der Waals surface area contributed by atoms with Crippen LogP contribution in [0.2, 0.25) is 0 Å². The number of aliphatic hydroxyl groups excluding tert-OH is 1. The van der Waals surface area contributed by atoms with Crippen LogP contribution in [0, 0.1) is 24.0 Å². The molecule has 1 saturated heterocycles. The molecule has 21 heavy (non-hydrogen) atoms. The lowest BCUT2D eigenvalue weighted by Crippen LogP contribution is -2.38. The van der Waals surface area contributed by atoms with Crippen molar-refractivity contribution in [2.45, 2.75) is 32.9 Å². The fourth-order valence-corrected chi connectivity index (χ4v) is 3.63. The fraction of sp³-hybridized carbons (Fsp3) is 0.500. The molecule has 0 unspecified atom stereocenters. The summed E-state index contributed by atoms with van der Waals surface area (Å²) in [6.07, 6.45) is -0.421. The maximum Gasteiger partial charge on any atom is 0.272 e. The van der Waals surface area contributed by atoms with Gasteiger partial charge >= 0.3 is 0 Å². The monoisotopic (exact) mass is 309 g/mol. The molecule has 0 spiro atoms. The highest BCUT2D eigenvalue weighted by Gasteiger charge is 2.30. The molecule has 0 radical (unpaired) electrons. The molecule has 1 aliphatic rings. The SMILES string of the molecule is Cc1c(N=C2SC[C@H]([C@@H](C)O)N2C)ccc([N+](=O)[O-])c1C. The van der Waals surface area contributed by atoms with Gasteiger partial charge in [-0.25, -0.2) is 4.99 Å². The first kappa shape index (κ1) is 15.8. The van der Waals surface area contributed by atoms with Gasteiger partial charge in [0.25, 0.3) is 5.69 Å². The first-order valence-corrected chi connectivity index (χ1v) is 7.68. The average Bonchev–Trinajstić information content (AvgIpc) is 2.76. The number of benzene rings is 1. The minimum absolute atomic E-state index is 0.0493. The molecule has 1 aromatic rings. The maximum absolute atomic E-state index is 10.9. The van der Waals surface area contributed by atoms with Crippen LogP contribution in [0.4, 0.5) is 11.4 Å². The highest BCUT2D eigenvalue weighted by Crippen LogP contribution is 2.32. The van der Waals surface area contributed by atoms with E-state index in [0.717, 1.165) is 22.2 Å². The number of likely N-dealkylation sites (N-methyl/N-ethyl adjacent to an activating group) is 1. The number of nitro benzene ring substituents is 1. The van der Waals surface area contributed by atoms with Crippen LogP contribution in [-0.2, 0) is 0 Å². The van der Waals surface area contributed by atoms with Crippen molar-refractivity contribution in [2.24, 2.45) is 4.99 Å². The number of nitro groups is 1. The van der Waals surface area contributed by atoms with Crippen LogP contribution in [0.1, 0.15) is 18.1 Å². The van der Waals surface area contributed by atoms with Crippen molar-refractivity contribution in [2.75, 3.05) is 12.8 Å². The standard InChI is InChI=1S/C14H19N3O3S/c1-8-9(2)12(17(19)20)6-5-11(8)15-14-16(4)13(7-21-14)10(3)18/h5-6,10,13,18H,7H2,1-4H3/t10-,13-/m1/s1. The first-order chi connectivity index (χ1) is 9.82. The molecule has 1 heterocycles. The minimum atomic E-state index is -0.421. The second-order valence-corrected chi connectivity index (χ2v) is 6.22. The average molecular weight is 309 g/mol. The van der Waals surface area contributed by atoms with E-state index in [1.165, 1.54) is 6.07 Å². The maximum atomic E-state index is 10.9. The summed E-state index contributed by atoms with van der Waals surface area (Å²) in [4.78, 5) is 17.1. The molecule has 1 aromatic carbocycles. The number of hydrogen-bond donors (Lipinski definition) is 1. The highest BCUT2D eigenvalue weighted by atomic mass is 32.2. The van der Waals surface area contributed by atoms with Gasteiger partial charge < -0.3 is 10.0 Å².